The van der Waals surface area contributed by atoms with E-state index in [1.165, 1.54) is 0 Å². The van der Waals surface area contributed by atoms with E-state index in [0.717, 1.165) is 0 Å². The zero-order chi connectivity index (χ0) is 7.98. The summed E-state index contributed by atoms with van der Waals surface area (Å²) in [5, 5.41) is 0. The van der Waals surface area contributed by atoms with E-state index >= 15 is 0 Å². The molecule has 0 fully saturated rings. The number of allylic oxidation sites excluding steroid dienone is 2. The van der Waals surface area contributed by atoms with Crippen LogP contribution in [0.1, 0.15) is 0 Å². The third-order valence-corrected chi connectivity index (χ3v) is 1.00. The molecule has 0 aromatic carbocycles. The van der Waals surface area contributed by atoms with Crippen molar-refractivity contribution in [2.45, 2.75) is 0 Å². The van der Waals surface area contributed by atoms with E-state index in [1.54, 1.807) is 25.3 Å². The second-order valence-corrected chi connectivity index (χ2v) is 1.73. The van der Waals surface area contributed by atoms with Gasteiger partial charge in [0.2, 0.25) is 0 Å². The summed E-state index contributed by atoms with van der Waals surface area (Å²) in [5.74, 6) is 0.457. The Balaban J connectivity index is 4.10. The summed E-state index contributed by atoms with van der Waals surface area (Å²) < 4.78 is 0. The van der Waals surface area contributed by atoms with Gasteiger partial charge in [-0.05, 0) is 0 Å². The zero-order valence-corrected chi connectivity index (χ0v) is 6.17. The second kappa shape index (κ2) is 4.56. The van der Waals surface area contributed by atoms with E-state index in [1.807, 2.05) is 0 Å². The summed E-state index contributed by atoms with van der Waals surface area (Å²) in [6.07, 6.45) is 5.18. The van der Waals surface area contributed by atoms with E-state index in [9.17, 15) is 0 Å². The van der Waals surface area contributed by atoms with Gasteiger partial charge in [-0.1, -0.05) is 31.4 Å². The van der Waals surface area contributed by atoms with Crippen molar-refractivity contribution in [3.63, 3.8) is 0 Å². The Hall–Kier alpha value is -1.31. The summed E-state index contributed by atoms with van der Waals surface area (Å²) in [6, 6.07) is 0. The van der Waals surface area contributed by atoms with Gasteiger partial charge >= 0.3 is 0 Å². The largest absolute Gasteiger partial charge is 0.384 e. The molecule has 0 unspecified atom stereocenters. The fraction of sp³-hybridized carbons (Fsp3) is 0.125. The van der Waals surface area contributed by atoms with E-state index in [0.29, 0.717) is 11.4 Å². The fourth-order valence-corrected chi connectivity index (χ4v) is 0.413. The molecule has 2 N–H and O–H groups in total. The maximum absolute atomic E-state index is 5.42. The summed E-state index contributed by atoms with van der Waals surface area (Å²) in [6.45, 7) is 7.18. The zero-order valence-electron chi connectivity index (χ0n) is 6.17. The number of amidine groups is 1. The van der Waals surface area contributed by atoms with Crippen LogP contribution in [0.5, 0.6) is 0 Å². The van der Waals surface area contributed by atoms with Crippen LogP contribution in [0.4, 0.5) is 0 Å². The maximum atomic E-state index is 5.42. The topological polar surface area (TPSA) is 38.4 Å². The first-order valence-electron chi connectivity index (χ1n) is 2.93. The van der Waals surface area contributed by atoms with Crippen LogP contribution >= 0.6 is 0 Å². The number of nitrogens with two attached hydrogens (primary N) is 1. The normalized spacial score (nSPS) is 11.9. The highest BCUT2D eigenvalue weighted by Gasteiger charge is 1.89. The van der Waals surface area contributed by atoms with Crippen LogP contribution in [0.3, 0.4) is 0 Å². The molecule has 0 aromatic heterocycles. The van der Waals surface area contributed by atoms with Crippen molar-refractivity contribution in [3.8, 4) is 0 Å². The monoisotopic (exact) mass is 136 g/mol. The Morgan fingerprint density at radius 3 is 2.60 bits per heavy atom. The Morgan fingerprint density at radius 1 is 1.60 bits per heavy atom. The summed E-state index contributed by atoms with van der Waals surface area (Å²) in [5.41, 5.74) is 6.13. The van der Waals surface area contributed by atoms with E-state index in [4.69, 9.17) is 5.73 Å². The summed E-state index contributed by atoms with van der Waals surface area (Å²) >= 11 is 0. The SMILES string of the molecule is C=C/C=C\C(=C)C(N)=NC. The number of rotatable bonds is 3. The van der Waals surface area contributed by atoms with E-state index in [2.05, 4.69) is 18.2 Å². The van der Waals surface area contributed by atoms with Crippen molar-refractivity contribution in [3.05, 3.63) is 37.0 Å². The first-order valence-corrected chi connectivity index (χ1v) is 2.93. The smallest absolute Gasteiger partial charge is 0.124 e. The molecule has 0 saturated heterocycles. The molecule has 2 nitrogen and oxygen atoms in total. The number of aliphatic imine (C=N–C) groups is 1. The van der Waals surface area contributed by atoms with Gasteiger partial charge in [0.15, 0.2) is 0 Å². The van der Waals surface area contributed by atoms with E-state index < -0.39 is 0 Å². The average molecular weight is 136 g/mol. The molecule has 0 bridgehead atoms. The van der Waals surface area contributed by atoms with Gasteiger partial charge in [-0.25, -0.2) is 0 Å². The summed E-state index contributed by atoms with van der Waals surface area (Å²) in [7, 11) is 1.63. The first kappa shape index (κ1) is 8.69. The van der Waals surface area contributed by atoms with Crippen LogP contribution in [0.25, 0.3) is 0 Å². The standard InChI is InChI=1S/C8H12N2/c1-4-5-6-7(2)8(9)10-3/h4-6H,1-2H2,3H3,(H2,9,10)/b6-5-. The molecule has 0 rings (SSSR count). The minimum absolute atomic E-state index is 0.457. The molecule has 0 saturated carbocycles. The number of hydrogen-bond donors (Lipinski definition) is 1. The lowest BCUT2D eigenvalue weighted by Gasteiger charge is -1.94. The Morgan fingerprint density at radius 2 is 2.20 bits per heavy atom. The molecule has 0 aromatic rings. The highest BCUT2D eigenvalue weighted by molar-refractivity contribution is 5.98. The van der Waals surface area contributed by atoms with Crippen LogP contribution in [0.15, 0.2) is 42.0 Å². The fourth-order valence-electron chi connectivity index (χ4n) is 0.413. The quantitative estimate of drug-likeness (QED) is 0.354. The van der Waals surface area contributed by atoms with Gasteiger partial charge in [-0.2, -0.15) is 0 Å². The molecule has 0 aliphatic rings. The predicted molar refractivity (Wildman–Crippen MR) is 46.0 cm³/mol. The lowest BCUT2D eigenvalue weighted by Crippen LogP contribution is -2.12. The van der Waals surface area contributed by atoms with Crippen molar-refractivity contribution in [2.75, 3.05) is 7.05 Å². The molecule has 0 aliphatic heterocycles. The molecule has 0 radical (unpaired) electrons. The lowest BCUT2D eigenvalue weighted by molar-refractivity contribution is 1.40. The number of hydrogen-bond acceptors (Lipinski definition) is 1. The molecular weight excluding hydrogens is 124 g/mol. The maximum Gasteiger partial charge on any atom is 0.124 e. The van der Waals surface area contributed by atoms with Gasteiger partial charge in [0.25, 0.3) is 0 Å². The molecule has 10 heavy (non-hydrogen) atoms. The van der Waals surface area contributed by atoms with Crippen LogP contribution < -0.4 is 5.73 Å². The van der Waals surface area contributed by atoms with Crippen molar-refractivity contribution in [1.29, 1.82) is 0 Å². The van der Waals surface area contributed by atoms with Crippen molar-refractivity contribution < 1.29 is 0 Å². The molecule has 54 valence electrons. The highest BCUT2D eigenvalue weighted by Crippen LogP contribution is 1.91. The van der Waals surface area contributed by atoms with Gasteiger partial charge in [0.05, 0.1) is 0 Å². The van der Waals surface area contributed by atoms with Crippen molar-refractivity contribution in [1.82, 2.24) is 0 Å². The Kier molecular flexibility index (Phi) is 3.96. The van der Waals surface area contributed by atoms with Gasteiger partial charge in [-0.3, -0.25) is 4.99 Å². The van der Waals surface area contributed by atoms with Gasteiger partial charge in [0.1, 0.15) is 5.84 Å². The van der Waals surface area contributed by atoms with Crippen LogP contribution in [-0.4, -0.2) is 12.9 Å². The molecular formula is C8H12N2. The van der Waals surface area contributed by atoms with Crippen molar-refractivity contribution in [2.24, 2.45) is 10.7 Å². The van der Waals surface area contributed by atoms with Gasteiger partial charge in [-0.15, -0.1) is 0 Å². The van der Waals surface area contributed by atoms with Gasteiger partial charge in [0, 0.05) is 12.6 Å². The predicted octanol–water partition coefficient (Wildman–Crippen LogP) is 1.27. The third-order valence-electron chi connectivity index (χ3n) is 1.00. The Labute approximate surface area is 61.5 Å². The summed E-state index contributed by atoms with van der Waals surface area (Å²) in [4.78, 5) is 3.75. The molecule has 0 spiro atoms. The van der Waals surface area contributed by atoms with Crippen LogP contribution in [-0.2, 0) is 0 Å². The lowest BCUT2D eigenvalue weighted by atomic mass is 10.2. The van der Waals surface area contributed by atoms with Crippen LogP contribution in [0.2, 0.25) is 0 Å². The highest BCUT2D eigenvalue weighted by atomic mass is 14.8. The molecule has 0 amide bonds. The van der Waals surface area contributed by atoms with Crippen molar-refractivity contribution >= 4 is 5.84 Å². The minimum atomic E-state index is 0.457. The molecule has 0 aliphatic carbocycles. The average Bonchev–Trinajstić information content (AvgIpc) is 1.98. The third kappa shape index (κ3) is 2.87. The first-order chi connectivity index (χ1) is 4.72. The van der Waals surface area contributed by atoms with Crippen LogP contribution in [0, 0.1) is 0 Å². The van der Waals surface area contributed by atoms with E-state index in [-0.39, 0.29) is 0 Å². The number of nitrogens with zero attached hydrogens (tertiary/aromatic N) is 1. The Bertz CT molecular complexity index is 187. The molecule has 0 atom stereocenters. The second-order valence-electron chi connectivity index (χ2n) is 1.73. The van der Waals surface area contributed by atoms with Gasteiger partial charge < -0.3 is 5.73 Å². The molecule has 0 heterocycles. The molecule has 2 heteroatoms. The minimum Gasteiger partial charge on any atom is -0.384 e.